The minimum atomic E-state index is 0.164. The molecule has 0 aromatic heterocycles. The van der Waals surface area contributed by atoms with Crippen molar-refractivity contribution in [3.8, 4) is 5.75 Å². The van der Waals surface area contributed by atoms with Gasteiger partial charge in [0.05, 0.1) is 0 Å². The second kappa shape index (κ2) is 4.99. The lowest BCUT2D eigenvalue weighted by Crippen LogP contribution is -2.58. The fourth-order valence-corrected chi connectivity index (χ4v) is 3.44. The van der Waals surface area contributed by atoms with Crippen LogP contribution in [0.4, 0.5) is 0 Å². The molecule has 0 bridgehead atoms. The summed E-state index contributed by atoms with van der Waals surface area (Å²) in [4.78, 5) is 0. The van der Waals surface area contributed by atoms with Crippen LogP contribution in [0.15, 0.2) is 53.0 Å². The highest BCUT2D eigenvalue weighted by Gasteiger charge is 2.39. The average Bonchev–Trinajstić information content (AvgIpc) is 2.37. The third kappa shape index (κ3) is 2.40. The summed E-state index contributed by atoms with van der Waals surface area (Å²) in [5.41, 5.74) is 2.79. The monoisotopic (exact) mass is 317 g/mol. The van der Waals surface area contributed by atoms with Crippen LogP contribution in [-0.4, -0.2) is 18.2 Å². The Morgan fingerprint density at radius 2 is 1.74 bits per heavy atom. The molecule has 2 aromatic carbocycles. The molecule has 98 valence electrons. The second-order valence-corrected chi connectivity index (χ2v) is 6.06. The lowest BCUT2D eigenvalue weighted by molar-refractivity contribution is 0.273. The van der Waals surface area contributed by atoms with E-state index in [1.165, 1.54) is 15.6 Å². The summed E-state index contributed by atoms with van der Waals surface area (Å²) in [6.07, 6.45) is 0.989. The van der Waals surface area contributed by atoms with Crippen LogP contribution in [0, 0.1) is 0 Å². The van der Waals surface area contributed by atoms with Crippen molar-refractivity contribution < 1.29 is 5.11 Å². The summed E-state index contributed by atoms with van der Waals surface area (Å²) in [5.74, 6) is 0.324. The molecule has 0 atom stereocenters. The van der Waals surface area contributed by atoms with Gasteiger partial charge < -0.3 is 10.4 Å². The first kappa shape index (κ1) is 12.7. The second-order valence-electron chi connectivity index (χ2n) is 5.21. The van der Waals surface area contributed by atoms with Gasteiger partial charge in [-0.15, -0.1) is 0 Å². The van der Waals surface area contributed by atoms with Gasteiger partial charge in [-0.3, -0.25) is 0 Å². The molecule has 1 aliphatic rings. The molecule has 19 heavy (non-hydrogen) atoms. The van der Waals surface area contributed by atoms with Crippen LogP contribution in [0.3, 0.4) is 0 Å². The normalized spacial score (nSPS) is 16.9. The summed E-state index contributed by atoms with van der Waals surface area (Å²) in [7, 11) is 0. The Balaban J connectivity index is 1.92. The van der Waals surface area contributed by atoms with Gasteiger partial charge >= 0.3 is 0 Å². The van der Waals surface area contributed by atoms with Crippen LogP contribution in [0.1, 0.15) is 11.1 Å². The molecular formula is C16H16BrNO. The number of hydrogen-bond donors (Lipinski definition) is 2. The summed E-state index contributed by atoms with van der Waals surface area (Å²) in [6, 6.07) is 16.0. The highest BCUT2D eigenvalue weighted by Crippen LogP contribution is 2.36. The Labute approximate surface area is 121 Å². The molecule has 0 unspecified atom stereocenters. The van der Waals surface area contributed by atoms with E-state index in [2.05, 4.69) is 39.4 Å². The van der Waals surface area contributed by atoms with Gasteiger partial charge in [-0.2, -0.15) is 0 Å². The van der Waals surface area contributed by atoms with Crippen molar-refractivity contribution in [3.05, 3.63) is 64.1 Å². The van der Waals surface area contributed by atoms with Crippen molar-refractivity contribution in [1.82, 2.24) is 5.32 Å². The largest absolute Gasteiger partial charge is 0.508 e. The Morgan fingerprint density at radius 1 is 1.05 bits per heavy atom. The van der Waals surface area contributed by atoms with Crippen LogP contribution < -0.4 is 5.32 Å². The minimum Gasteiger partial charge on any atom is -0.508 e. The smallest absolute Gasteiger partial charge is 0.115 e. The van der Waals surface area contributed by atoms with Crippen molar-refractivity contribution in [2.75, 3.05) is 13.1 Å². The van der Waals surface area contributed by atoms with Crippen molar-refractivity contribution in [2.24, 2.45) is 0 Å². The molecule has 1 fully saturated rings. The van der Waals surface area contributed by atoms with Crippen LogP contribution in [-0.2, 0) is 11.8 Å². The Morgan fingerprint density at radius 3 is 2.32 bits per heavy atom. The van der Waals surface area contributed by atoms with E-state index in [9.17, 15) is 5.11 Å². The van der Waals surface area contributed by atoms with E-state index in [1.807, 2.05) is 18.2 Å². The molecular weight excluding hydrogens is 302 g/mol. The highest BCUT2D eigenvalue weighted by atomic mass is 79.9. The SMILES string of the molecule is Oc1ccc(CC2(c3ccccc3Br)CNC2)cc1. The van der Waals surface area contributed by atoms with Crippen molar-refractivity contribution in [1.29, 1.82) is 0 Å². The van der Waals surface area contributed by atoms with Crippen LogP contribution in [0.25, 0.3) is 0 Å². The zero-order chi connectivity index (χ0) is 13.3. The van der Waals surface area contributed by atoms with Gasteiger partial charge in [-0.25, -0.2) is 0 Å². The zero-order valence-corrected chi connectivity index (χ0v) is 12.2. The Kier molecular flexibility index (Phi) is 3.33. The van der Waals surface area contributed by atoms with Gasteiger partial charge in [0.1, 0.15) is 5.75 Å². The number of benzene rings is 2. The number of phenolic OH excluding ortho intramolecular Hbond substituents is 1. The molecule has 2 aromatic rings. The van der Waals surface area contributed by atoms with E-state index in [1.54, 1.807) is 12.1 Å². The van der Waals surface area contributed by atoms with Crippen molar-refractivity contribution in [3.63, 3.8) is 0 Å². The molecule has 3 heteroatoms. The van der Waals surface area contributed by atoms with Crippen molar-refractivity contribution in [2.45, 2.75) is 11.8 Å². The van der Waals surface area contributed by atoms with Gasteiger partial charge in [0.2, 0.25) is 0 Å². The predicted molar refractivity (Wildman–Crippen MR) is 80.5 cm³/mol. The standard InChI is InChI=1S/C16H16BrNO/c17-15-4-2-1-3-14(15)16(10-18-11-16)9-12-5-7-13(19)8-6-12/h1-8,18-19H,9-11H2. The molecule has 1 saturated heterocycles. The predicted octanol–water partition coefficient (Wildman–Crippen LogP) is 3.24. The maximum atomic E-state index is 9.37. The van der Waals surface area contributed by atoms with Crippen LogP contribution in [0.5, 0.6) is 5.75 Å². The number of hydrogen-bond acceptors (Lipinski definition) is 2. The van der Waals surface area contributed by atoms with E-state index in [-0.39, 0.29) is 5.41 Å². The molecule has 0 aliphatic carbocycles. The fourth-order valence-electron chi connectivity index (χ4n) is 2.73. The molecule has 0 radical (unpaired) electrons. The summed E-state index contributed by atoms with van der Waals surface area (Å²) in [6.45, 7) is 1.99. The topological polar surface area (TPSA) is 32.3 Å². The molecule has 2 N–H and O–H groups in total. The molecule has 0 saturated carbocycles. The maximum Gasteiger partial charge on any atom is 0.115 e. The van der Waals surface area contributed by atoms with E-state index in [0.717, 1.165) is 19.5 Å². The molecule has 0 spiro atoms. The molecule has 2 nitrogen and oxygen atoms in total. The Bertz CT molecular complexity index is 576. The van der Waals surface area contributed by atoms with Gasteiger partial charge in [0.15, 0.2) is 0 Å². The van der Waals surface area contributed by atoms with E-state index in [4.69, 9.17) is 0 Å². The number of nitrogens with one attached hydrogen (secondary N) is 1. The summed E-state index contributed by atoms with van der Waals surface area (Å²) >= 11 is 3.66. The summed E-state index contributed by atoms with van der Waals surface area (Å²) in [5, 5.41) is 12.8. The Hall–Kier alpha value is -1.32. The van der Waals surface area contributed by atoms with Gasteiger partial charge in [0, 0.05) is 23.0 Å². The quantitative estimate of drug-likeness (QED) is 0.911. The van der Waals surface area contributed by atoms with Crippen molar-refractivity contribution >= 4 is 15.9 Å². The van der Waals surface area contributed by atoms with E-state index in [0.29, 0.717) is 5.75 Å². The average molecular weight is 318 g/mol. The first-order valence-electron chi connectivity index (χ1n) is 6.43. The molecule has 0 amide bonds. The van der Waals surface area contributed by atoms with E-state index >= 15 is 0 Å². The van der Waals surface area contributed by atoms with Gasteiger partial charge in [-0.05, 0) is 35.7 Å². The lowest BCUT2D eigenvalue weighted by atomic mass is 9.71. The number of phenols is 1. The highest BCUT2D eigenvalue weighted by molar-refractivity contribution is 9.10. The first-order valence-corrected chi connectivity index (χ1v) is 7.23. The first-order chi connectivity index (χ1) is 9.20. The van der Waals surface area contributed by atoms with Crippen LogP contribution in [0.2, 0.25) is 0 Å². The third-order valence-electron chi connectivity index (χ3n) is 3.85. The maximum absolute atomic E-state index is 9.37. The third-order valence-corrected chi connectivity index (χ3v) is 4.54. The molecule has 3 rings (SSSR count). The summed E-state index contributed by atoms with van der Waals surface area (Å²) < 4.78 is 1.18. The number of aromatic hydroxyl groups is 1. The van der Waals surface area contributed by atoms with E-state index < -0.39 is 0 Å². The fraction of sp³-hybridized carbons (Fsp3) is 0.250. The zero-order valence-electron chi connectivity index (χ0n) is 10.6. The minimum absolute atomic E-state index is 0.164. The molecule has 1 aliphatic heterocycles. The van der Waals surface area contributed by atoms with Gasteiger partial charge in [0.25, 0.3) is 0 Å². The van der Waals surface area contributed by atoms with Gasteiger partial charge in [-0.1, -0.05) is 46.3 Å². The molecule has 1 heterocycles. The van der Waals surface area contributed by atoms with Crippen LogP contribution >= 0.6 is 15.9 Å². The number of halogens is 1. The lowest BCUT2D eigenvalue weighted by Gasteiger charge is -2.44. The number of rotatable bonds is 3.